The molecule has 3 aromatic rings. The fraction of sp³-hybridized carbons (Fsp3) is 0.409. The number of aromatic nitrogens is 3. The summed E-state index contributed by atoms with van der Waals surface area (Å²) in [4.78, 5) is 18.7. The Kier molecular flexibility index (Phi) is 5.08. The summed E-state index contributed by atoms with van der Waals surface area (Å²) in [6.07, 6.45) is 2.21. The zero-order valence-corrected chi connectivity index (χ0v) is 17.2. The van der Waals surface area contributed by atoms with Crippen molar-refractivity contribution in [3.63, 3.8) is 0 Å². The van der Waals surface area contributed by atoms with Crippen molar-refractivity contribution in [1.82, 2.24) is 25.0 Å². The van der Waals surface area contributed by atoms with Crippen LogP contribution in [-0.2, 0) is 18.4 Å². The van der Waals surface area contributed by atoms with Crippen molar-refractivity contribution in [3.05, 3.63) is 58.8 Å². The highest BCUT2D eigenvalue weighted by molar-refractivity contribution is 5.81. The number of aryl methyl sites for hydroxylation is 2. The highest BCUT2D eigenvalue weighted by Crippen LogP contribution is 2.39. The van der Waals surface area contributed by atoms with E-state index in [1.807, 2.05) is 49.7 Å². The minimum absolute atomic E-state index is 0.00826. The summed E-state index contributed by atoms with van der Waals surface area (Å²) in [5, 5.41) is 8.76. The number of fused-ring (bicyclic) bond motifs is 1. The van der Waals surface area contributed by atoms with Crippen LogP contribution in [0.5, 0.6) is 0 Å². The first-order chi connectivity index (χ1) is 13.9. The lowest BCUT2D eigenvalue weighted by molar-refractivity contribution is -0.127. The van der Waals surface area contributed by atoms with Crippen LogP contribution in [0.4, 0.5) is 4.39 Å². The van der Waals surface area contributed by atoms with E-state index in [2.05, 4.69) is 15.4 Å². The van der Waals surface area contributed by atoms with Crippen molar-refractivity contribution in [2.75, 3.05) is 13.6 Å². The van der Waals surface area contributed by atoms with E-state index in [1.165, 1.54) is 12.1 Å². The van der Waals surface area contributed by atoms with Gasteiger partial charge in [-0.15, -0.1) is 0 Å². The van der Waals surface area contributed by atoms with Gasteiger partial charge in [0.15, 0.2) is 0 Å². The molecule has 1 fully saturated rings. The fourth-order valence-corrected chi connectivity index (χ4v) is 4.54. The molecule has 1 amide bonds. The average molecular weight is 395 g/mol. The number of rotatable bonds is 5. The van der Waals surface area contributed by atoms with Crippen LogP contribution in [0.1, 0.15) is 35.0 Å². The molecule has 0 radical (unpaired) electrons. The number of benzene rings is 1. The Morgan fingerprint density at radius 2 is 2.07 bits per heavy atom. The third-order valence-corrected chi connectivity index (χ3v) is 6.03. The molecule has 3 heterocycles. The largest absolute Gasteiger partial charge is 0.338 e. The Bertz CT molecular complexity index is 1080. The van der Waals surface area contributed by atoms with Gasteiger partial charge in [0.2, 0.25) is 5.91 Å². The Hall–Kier alpha value is -2.80. The molecule has 29 heavy (non-hydrogen) atoms. The maximum atomic E-state index is 14.0. The number of likely N-dealkylation sites (tertiary alicyclic amines) is 1. The van der Waals surface area contributed by atoms with Gasteiger partial charge in [0.25, 0.3) is 0 Å². The molecule has 2 aromatic heterocycles. The number of carbonyl (C=O) groups excluding carboxylic acids is 1. The fourth-order valence-electron chi connectivity index (χ4n) is 4.54. The lowest BCUT2D eigenvalue weighted by atomic mass is 9.92. The Morgan fingerprint density at radius 1 is 1.28 bits per heavy atom. The van der Waals surface area contributed by atoms with Gasteiger partial charge in [-0.1, -0.05) is 6.07 Å². The number of nitrogens with zero attached hydrogens (tertiary/aromatic N) is 4. The molecule has 1 aliphatic heterocycles. The molecular formula is C22H26FN5O. The van der Waals surface area contributed by atoms with Crippen LogP contribution in [0.25, 0.3) is 10.9 Å². The molecule has 0 bridgehead atoms. The Morgan fingerprint density at radius 3 is 2.79 bits per heavy atom. The van der Waals surface area contributed by atoms with Crippen molar-refractivity contribution in [2.24, 2.45) is 13.0 Å². The summed E-state index contributed by atoms with van der Waals surface area (Å²) < 4.78 is 15.9. The second kappa shape index (κ2) is 7.55. The average Bonchev–Trinajstić information content (AvgIpc) is 3.09. The van der Waals surface area contributed by atoms with Crippen molar-refractivity contribution in [2.45, 2.75) is 32.9 Å². The minimum Gasteiger partial charge on any atom is -0.338 e. The minimum atomic E-state index is -0.266. The Balaban J connectivity index is 1.54. The quantitative estimate of drug-likeness (QED) is 0.721. The SMILES string of the molecule is Cc1nn(C)c(C)c1[C@H]1[C@H](CNCc2cc(F)cc3cccnc23)CC(=O)N1C. The molecule has 0 unspecified atom stereocenters. The maximum absolute atomic E-state index is 14.0. The first kappa shape index (κ1) is 19.5. The number of hydrogen-bond donors (Lipinski definition) is 1. The first-order valence-electron chi connectivity index (χ1n) is 9.86. The van der Waals surface area contributed by atoms with Crippen molar-refractivity contribution in [1.29, 1.82) is 0 Å². The number of pyridine rings is 1. The molecule has 1 N–H and O–H groups in total. The van der Waals surface area contributed by atoms with Gasteiger partial charge in [-0.2, -0.15) is 5.10 Å². The highest BCUT2D eigenvalue weighted by Gasteiger charge is 2.40. The lowest BCUT2D eigenvalue weighted by Gasteiger charge is -2.26. The normalized spacial score (nSPS) is 19.5. The molecule has 1 aliphatic rings. The monoisotopic (exact) mass is 395 g/mol. The van der Waals surface area contributed by atoms with Crippen LogP contribution in [-0.4, -0.2) is 39.2 Å². The molecule has 0 spiro atoms. The van der Waals surface area contributed by atoms with Crippen molar-refractivity contribution < 1.29 is 9.18 Å². The molecule has 7 heteroatoms. The molecular weight excluding hydrogens is 369 g/mol. The number of halogens is 1. The van der Waals surface area contributed by atoms with Gasteiger partial charge in [0.05, 0.1) is 17.3 Å². The summed E-state index contributed by atoms with van der Waals surface area (Å²) in [6.45, 7) is 5.19. The van der Waals surface area contributed by atoms with Crippen LogP contribution in [0.3, 0.4) is 0 Å². The number of hydrogen-bond acceptors (Lipinski definition) is 4. The summed E-state index contributed by atoms with van der Waals surface area (Å²) in [5.74, 6) is 0.00164. The molecule has 0 aliphatic carbocycles. The molecule has 0 saturated carbocycles. The van der Waals surface area contributed by atoms with Gasteiger partial charge in [-0.05, 0) is 37.6 Å². The van der Waals surface area contributed by atoms with E-state index in [4.69, 9.17) is 0 Å². The van der Waals surface area contributed by atoms with E-state index in [0.717, 1.165) is 33.4 Å². The third kappa shape index (κ3) is 3.51. The lowest BCUT2D eigenvalue weighted by Crippen LogP contribution is -2.30. The summed E-state index contributed by atoms with van der Waals surface area (Å²) in [7, 11) is 3.79. The van der Waals surface area contributed by atoms with Gasteiger partial charge in [-0.3, -0.25) is 14.5 Å². The number of nitrogens with one attached hydrogen (secondary N) is 1. The predicted molar refractivity (Wildman–Crippen MR) is 110 cm³/mol. The summed E-state index contributed by atoms with van der Waals surface area (Å²) >= 11 is 0. The topological polar surface area (TPSA) is 63.1 Å². The zero-order valence-electron chi connectivity index (χ0n) is 17.2. The third-order valence-electron chi connectivity index (χ3n) is 6.03. The van der Waals surface area contributed by atoms with Crippen LogP contribution in [0.15, 0.2) is 30.5 Å². The smallest absolute Gasteiger partial charge is 0.223 e. The van der Waals surface area contributed by atoms with Gasteiger partial charge in [0, 0.05) is 62.4 Å². The van der Waals surface area contributed by atoms with E-state index in [1.54, 1.807) is 6.20 Å². The molecule has 152 valence electrons. The summed E-state index contributed by atoms with van der Waals surface area (Å²) in [6, 6.07) is 6.69. The van der Waals surface area contributed by atoms with Crippen molar-refractivity contribution in [3.8, 4) is 0 Å². The predicted octanol–water partition coefficient (Wildman–Crippen LogP) is 3.03. The van der Waals surface area contributed by atoms with Crippen LogP contribution < -0.4 is 5.32 Å². The van der Waals surface area contributed by atoms with Gasteiger partial charge in [-0.25, -0.2) is 4.39 Å². The van der Waals surface area contributed by atoms with Crippen LogP contribution in [0, 0.1) is 25.6 Å². The molecule has 4 rings (SSSR count). The van der Waals surface area contributed by atoms with Crippen LogP contribution >= 0.6 is 0 Å². The number of amides is 1. The molecule has 1 aromatic carbocycles. The van der Waals surface area contributed by atoms with Gasteiger partial charge >= 0.3 is 0 Å². The molecule has 2 atom stereocenters. The zero-order chi connectivity index (χ0) is 20.7. The van der Waals surface area contributed by atoms with Gasteiger partial charge in [0.1, 0.15) is 5.82 Å². The highest BCUT2D eigenvalue weighted by atomic mass is 19.1. The molecule has 6 nitrogen and oxygen atoms in total. The maximum Gasteiger partial charge on any atom is 0.223 e. The first-order valence-corrected chi connectivity index (χ1v) is 9.86. The van der Waals surface area contributed by atoms with Gasteiger partial charge < -0.3 is 10.2 Å². The molecule has 1 saturated heterocycles. The Labute approximate surface area is 169 Å². The van der Waals surface area contributed by atoms with E-state index >= 15 is 0 Å². The van der Waals surface area contributed by atoms with E-state index in [-0.39, 0.29) is 23.7 Å². The summed E-state index contributed by atoms with van der Waals surface area (Å²) in [5.41, 5.74) is 4.80. The standard InChI is InChI=1S/C22H26FN5O/c1-13-20(14(2)28(4)26-13)22-17(10-19(29)27(22)3)12-24-11-16-9-18(23)8-15-6-5-7-25-21(15)16/h5-9,17,22,24H,10-12H2,1-4H3/t17-,22+/m0/s1. The second-order valence-electron chi connectivity index (χ2n) is 7.89. The van der Waals surface area contributed by atoms with E-state index in [0.29, 0.717) is 19.5 Å². The van der Waals surface area contributed by atoms with E-state index < -0.39 is 0 Å². The van der Waals surface area contributed by atoms with E-state index in [9.17, 15) is 9.18 Å². The number of carbonyl (C=O) groups is 1. The van der Waals surface area contributed by atoms with Crippen molar-refractivity contribution >= 4 is 16.8 Å². The second-order valence-corrected chi connectivity index (χ2v) is 7.89. The van der Waals surface area contributed by atoms with Crippen LogP contribution in [0.2, 0.25) is 0 Å².